The van der Waals surface area contributed by atoms with E-state index in [2.05, 4.69) is 5.32 Å². The lowest BCUT2D eigenvalue weighted by Crippen LogP contribution is -2.29. The molecule has 0 fully saturated rings. The fraction of sp³-hybridized carbons (Fsp3) is 0.417. The smallest absolute Gasteiger partial charge is 0.222 e. The van der Waals surface area contributed by atoms with Crippen LogP contribution in [0.1, 0.15) is 12.0 Å². The van der Waals surface area contributed by atoms with Crippen LogP contribution in [0.25, 0.3) is 0 Å². The summed E-state index contributed by atoms with van der Waals surface area (Å²) in [5.74, 6) is -0.0153. The Labute approximate surface area is 95.8 Å². The molecule has 0 aromatic heterocycles. The fourth-order valence-electron chi connectivity index (χ4n) is 1.23. The minimum absolute atomic E-state index is 0.0153. The number of nitrogens with one attached hydrogen (secondary N) is 1. The molecule has 16 heavy (non-hydrogen) atoms. The van der Waals surface area contributed by atoms with Crippen molar-refractivity contribution in [2.24, 2.45) is 5.73 Å². The number of hydrogen-bond acceptors (Lipinski definition) is 3. The highest BCUT2D eigenvalue weighted by Gasteiger charge is 1.99. The van der Waals surface area contributed by atoms with E-state index in [9.17, 15) is 4.79 Å². The Morgan fingerprint density at radius 1 is 1.31 bits per heavy atom. The molecule has 0 unspecified atom stereocenters. The van der Waals surface area contributed by atoms with E-state index >= 15 is 0 Å². The highest BCUT2D eigenvalue weighted by atomic mass is 16.5. The highest BCUT2D eigenvalue weighted by molar-refractivity contribution is 5.75. The van der Waals surface area contributed by atoms with Crippen molar-refractivity contribution in [3.05, 3.63) is 35.9 Å². The van der Waals surface area contributed by atoms with E-state index < -0.39 is 0 Å². The second kappa shape index (κ2) is 7.84. The Morgan fingerprint density at radius 2 is 2.06 bits per heavy atom. The van der Waals surface area contributed by atoms with Gasteiger partial charge in [0.05, 0.1) is 13.2 Å². The number of hydrogen-bond donors (Lipinski definition) is 2. The van der Waals surface area contributed by atoms with Crippen molar-refractivity contribution in [1.82, 2.24) is 5.32 Å². The van der Waals surface area contributed by atoms with Gasteiger partial charge in [-0.1, -0.05) is 30.3 Å². The highest BCUT2D eigenvalue weighted by Crippen LogP contribution is 2.00. The number of carbonyl (C=O) groups is 1. The zero-order valence-corrected chi connectivity index (χ0v) is 9.32. The van der Waals surface area contributed by atoms with Gasteiger partial charge in [-0.3, -0.25) is 4.79 Å². The molecule has 4 heteroatoms. The zero-order valence-electron chi connectivity index (χ0n) is 9.32. The number of ether oxygens (including phenoxy) is 1. The first-order valence-electron chi connectivity index (χ1n) is 5.41. The Bertz CT molecular complexity index is 301. The monoisotopic (exact) mass is 222 g/mol. The van der Waals surface area contributed by atoms with Gasteiger partial charge in [0, 0.05) is 19.5 Å². The van der Waals surface area contributed by atoms with E-state index in [4.69, 9.17) is 10.5 Å². The van der Waals surface area contributed by atoms with E-state index in [0.717, 1.165) is 5.56 Å². The van der Waals surface area contributed by atoms with E-state index in [1.807, 2.05) is 30.3 Å². The molecule has 88 valence electrons. The van der Waals surface area contributed by atoms with Crippen molar-refractivity contribution in [3.63, 3.8) is 0 Å². The van der Waals surface area contributed by atoms with Gasteiger partial charge < -0.3 is 15.8 Å². The van der Waals surface area contributed by atoms with E-state index in [-0.39, 0.29) is 5.91 Å². The molecule has 0 saturated heterocycles. The summed E-state index contributed by atoms with van der Waals surface area (Å²) in [4.78, 5) is 11.2. The molecule has 3 N–H and O–H groups in total. The molecule has 1 aromatic rings. The molecule has 0 aliphatic carbocycles. The molecule has 0 heterocycles. The van der Waals surface area contributed by atoms with Crippen molar-refractivity contribution >= 4 is 5.91 Å². The van der Waals surface area contributed by atoms with Gasteiger partial charge in [0.15, 0.2) is 0 Å². The van der Waals surface area contributed by atoms with Crippen LogP contribution < -0.4 is 11.1 Å². The summed E-state index contributed by atoms with van der Waals surface area (Å²) in [5, 5.41) is 2.69. The maximum Gasteiger partial charge on any atom is 0.222 e. The largest absolute Gasteiger partial charge is 0.376 e. The van der Waals surface area contributed by atoms with Gasteiger partial charge in [0.25, 0.3) is 0 Å². The quantitative estimate of drug-likeness (QED) is 0.666. The third kappa shape index (κ3) is 5.48. The maximum atomic E-state index is 11.2. The first-order valence-corrected chi connectivity index (χ1v) is 5.41. The van der Waals surface area contributed by atoms with Crippen LogP contribution in [0.2, 0.25) is 0 Å². The number of nitrogens with two attached hydrogens (primary N) is 1. The lowest BCUT2D eigenvalue weighted by molar-refractivity contribution is -0.122. The van der Waals surface area contributed by atoms with Gasteiger partial charge in [0.1, 0.15) is 0 Å². The third-order valence-corrected chi connectivity index (χ3v) is 2.05. The minimum atomic E-state index is -0.0153. The van der Waals surface area contributed by atoms with Crippen LogP contribution in [0.4, 0.5) is 0 Å². The molecule has 1 aromatic carbocycles. The Hall–Kier alpha value is -1.39. The fourth-order valence-corrected chi connectivity index (χ4v) is 1.23. The molecule has 1 amide bonds. The average Bonchev–Trinajstić information content (AvgIpc) is 2.33. The van der Waals surface area contributed by atoms with Crippen LogP contribution in [0.5, 0.6) is 0 Å². The first kappa shape index (κ1) is 12.7. The van der Waals surface area contributed by atoms with Gasteiger partial charge >= 0.3 is 0 Å². The third-order valence-electron chi connectivity index (χ3n) is 2.05. The molecule has 1 rings (SSSR count). The molecule has 0 saturated carbocycles. The number of amides is 1. The molecule has 0 aliphatic rings. The normalized spacial score (nSPS) is 10.1. The summed E-state index contributed by atoms with van der Waals surface area (Å²) < 4.78 is 5.38. The van der Waals surface area contributed by atoms with Crippen molar-refractivity contribution in [2.75, 3.05) is 19.7 Å². The Balaban J connectivity index is 2.06. The van der Waals surface area contributed by atoms with Crippen LogP contribution >= 0.6 is 0 Å². The molecule has 0 radical (unpaired) electrons. The number of benzene rings is 1. The summed E-state index contributed by atoms with van der Waals surface area (Å²) in [6, 6.07) is 9.88. The topological polar surface area (TPSA) is 64.3 Å². The molecule has 0 spiro atoms. The zero-order chi connectivity index (χ0) is 11.6. The van der Waals surface area contributed by atoms with Gasteiger partial charge in [-0.25, -0.2) is 0 Å². The van der Waals surface area contributed by atoms with Crippen LogP contribution in [-0.4, -0.2) is 25.6 Å². The van der Waals surface area contributed by atoms with Crippen LogP contribution in [0.3, 0.4) is 0 Å². The summed E-state index contributed by atoms with van der Waals surface area (Å²) >= 11 is 0. The molecule has 0 bridgehead atoms. The van der Waals surface area contributed by atoms with E-state index in [1.165, 1.54) is 0 Å². The number of rotatable bonds is 7. The van der Waals surface area contributed by atoms with Crippen molar-refractivity contribution in [3.8, 4) is 0 Å². The standard InChI is InChI=1S/C12H18N2O2/c13-7-8-14-12(15)6-9-16-10-11-4-2-1-3-5-11/h1-5H,6-10,13H2,(H,14,15). The molecule has 0 atom stereocenters. The molecule has 0 aliphatic heterocycles. The lowest BCUT2D eigenvalue weighted by atomic mass is 10.2. The SMILES string of the molecule is NCCNC(=O)CCOCc1ccccc1. The molecular formula is C12H18N2O2. The van der Waals surface area contributed by atoms with Gasteiger partial charge in [-0.2, -0.15) is 0 Å². The average molecular weight is 222 g/mol. The van der Waals surface area contributed by atoms with Crippen LogP contribution in [-0.2, 0) is 16.1 Å². The summed E-state index contributed by atoms with van der Waals surface area (Å²) in [6.45, 7) is 1.98. The summed E-state index contributed by atoms with van der Waals surface area (Å²) in [6.07, 6.45) is 0.382. The lowest BCUT2D eigenvalue weighted by Gasteiger charge is -2.05. The predicted molar refractivity (Wildman–Crippen MR) is 62.8 cm³/mol. The summed E-state index contributed by atoms with van der Waals surface area (Å²) in [7, 11) is 0. The molecule has 4 nitrogen and oxygen atoms in total. The van der Waals surface area contributed by atoms with Crippen molar-refractivity contribution in [1.29, 1.82) is 0 Å². The minimum Gasteiger partial charge on any atom is -0.376 e. The van der Waals surface area contributed by atoms with Crippen LogP contribution in [0.15, 0.2) is 30.3 Å². The Morgan fingerprint density at radius 3 is 2.75 bits per heavy atom. The number of carbonyl (C=O) groups excluding carboxylic acids is 1. The van der Waals surface area contributed by atoms with E-state index in [0.29, 0.717) is 32.7 Å². The second-order valence-electron chi connectivity index (χ2n) is 3.43. The van der Waals surface area contributed by atoms with E-state index in [1.54, 1.807) is 0 Å². The second-order valence-corrected chi connectivity index (χ2v) is 3.43. The van der Waals surface area contributed by atoms with Crippen LogP contribution in [0, 0.1) is 0 Å². The predicted octanol–water partition coefficient (Wildman–Crippen LogP) is 0.668. The maximum absolute atomic E-state index is 11.2. The van der Waals surface area contributed by atoms with Crippen molar-refractivity contribution in [2.45, 2.75) is 13.0 Å². The Kier molecular flexibility index (Phi) is 6.22. The van der Waals surface area contributed by atoms with Crippen molar-refractivity contribution < 1.29 is 9.53 Å². The van der Waals surface area contributed by atoms with Gasteiger partial charge in [-0.15, -0.1) is 0 Å². The first-order chi connectivity index (χ1) is 7.83. The van der Waals surface area contributed by atoms with Gasteiger partial charge in [0.2, 0.25) is 5.91 Å². The van der Waals surface area contributed by atoms with Gasteiger partial charge in [-0.05, 0) is 5.56 Å². The molecular weight excluding hydrogens is 204 g/mol. The summed E-state index contributed by atoms with van der Waals surface area (Å²) in [5.41, 5.74) is 6.38.